The zero-order chi connectivity index (χ0) is 9.68. The number of aromatic nitrogens is 3. The summed E-state index contributed by atoms with van der Waals surface area (Å²) in [5.41, 5.74) is 0. The van der Waals surface area contributed by atoms with Crippen LogP contribution in [0.4, 0.5) is 0 Å². The first-order chi connectivity index (χ1) is 6.22. The molecule has 0 unspecified atom stereocenters. The maximum absolute atomic E-state index is 5.20. The van der Waals surface area contributed by atoms with Crippen molar-refractivity contribution in [3.8, 4) is 5.88 Å². The van der Waals surface area contributed by atoms with E-state index in [4.69, 9.17) is 4.74 Å². The molecule has 72 valence electrons. The molecule has 0 radical (unpaired) electrons. The molecule has 0 atom stereocenters. The van der Waals surface area contributed by atoms with Crippen LogP contribution in [-0.4, -0.2) is 27.0 Å². The van der Waals surface area contributed by atoms with E-state index in [0.717, 1.165) is 0 Å². The molecule has 1 heterocycles. The molecule has 0 aliphatic carbocycles. The van der Waals surface area contributed by atoms with Gasteiger partial charge in [-0.05, 0) is 6.92 Å². The van der Waals surface area contributed by atoms with E-state index in [1.54, 1.807) is 11.8 Å². The molecule has 0 spiro atoms. The zero-order valence-electron chi connectivity index (χ0n) is 8.02. The van der Waals surface area contributed by atoms with Gasteiger partial charge in [0.15, 0.2) is 0 Å². The van der Waals surface area contributed by atoms with E-state index < -0.39 is 0 Å². The molecule has 0 amide bonds. The summed E-state index contributed by atoms with van der Waals surface area (Å²) >= 11 is 1.57. The van der Waals surface area contributed by atoms with Crippen LogP contribution in [0.5, 0.6) is 5.88 Å². The van der Waals surface area contributed by atoms with Crippen molar-refractivity contribution >= 4 is 11.8 Å². The molecule has 5 heteroatoms. The Morgan fingerprint density at radius 3 is 2.92 bits per heavy atom. The first-order valence-electron chi connectivity index (χ1n) is 4.21. The van der Waals surface area contributed by atoms with Gasteiger partial charge in [0.1, 0.15) is 6.20 Å². The number of nitrogens with zero attached hydrogens (tertiary/aromatic N) is 3. The molecule has 1 rings (SSSR count). The number of hydrogen-bond acceptors (Lipinski definition) is 5. The minimum Gasteiger partial charge on any atom is -0.477 e. The molecule has 0 aliphatic rings. The lowest BCUT2D eigenvalue weighted by Crippen LogP contribution is -1.99. The van der Waals surface area contributed by atoms with Crippen LogP contribution in [0, 0.1) is 0 Å². The molecule has 13 heavy (non-hydrogen) atoms. The van der Waals surface area contributed by atoms with Crippen molar-refractivity contribution in [2.45, 2.75) is 31.2 Å². The quantitative estimate of drug-likeness (QED) is 0.692. The monoisotopic (exact) mass is 199 g/mol. The number of hydrogen-bond donors (Lipinski definition) is 0. The second-order valence-electron chi connectivity index (χ2n) is 2.68. The van der Waals surface area contributed by atoms with Crippen LogP contribution in [0.3, 0.4) is 0 Å². The average molecular weight is 199 g/mol. The molecule has 0 fully saturated rings. The number of ether oxygens (including phenoxy) is 1. The van der Waals surface area contributed by atoms with Crippen molar-refractivity contribution in [3.05, 3.63) is 6.20 Å². The average Bonchev–Trinajstić information content (AvgIpc) is 2.04. The largest absolute Gasteiger partial charge is 0.477 e. The molecular weight excluding hydrogens is 186 g/mol. The van der Waals surface area contributed by atoms with E-state index in [2.05, 4.69) is 29.0 Å². The van der Waals surface area contributed by atoms with E-state index in [0.29, 0.717) is 22.9 Å². The molecule has 0 N–H and O–H groups in total. The third-order valence-corrected chi connectivity index (χ3v) is 2.01. The molecule has 0 aromatic carbocycles. The molecular formula is C8H13N3OS. The minimum absolute atomic E-state index is 0.457. The lowest BCUT2D eigenvalue weighted by atomic mass is 10.6. The Morgan fingerprint density at radius 1 is 1.54 bits per heavy atom. The van der Waals surface area contributed by atoms with Crippen LogP contribution in [-0.2, 0) is 0 Å². The lowest BCUT2D eigenvalue weighted by molar-refractivity contribution is 0.320. The fourth-order valence-corrected chi connectivity index (χ4v) is 1.41. The molecule has 4 nitrogen and oxygen atoms in total. The third-order valence-electron chi connectivity index (χ3n) is 1.15. The van der Waals surface area contributed by atoms with Gasteiger partial charge in [0.25, 0.3) is 0 Å². The van der Waals surface area contributed by atoms with Gasteiger partial charge in [-0.1, -0.05) is 25.6 Å². The predicted octanol–water partition coefficient (Wildman–Crippen LogP) is 1.77. The van der Waals surface area contributed by atoms with Crippen LogP contribution >= 0.6 is 11.8 Å². The van der Waals surface area contributed by atoms with Gasteiger partial charge in [-0.3, -0.25) is 0 Å². The van der Waals surface area contributed by atoms with Gasteiger partial charge in [0.2, 0.25) is 11.0 Å². The van der Waals surface area contributed by atoms with E-state index >= 15 is 0 Å². The maximum Gasteiger partial charge on any atom is 0.236 e. The Hall–Kier alpha value is -0.840. The van der Waals surface area contributed by atoms with Crippen molar-refractivity contribution in [2.24, 2.45) is 0 Å². The van der Waals surface area contributed by atoms with Crippen molar-refractivity contribution in [1.82, 2.24) is 15.2 Å². The van der Waals surface area contributed by atoms with E-state index in [-0.39, 0.29) is 0 Å². The van der Waals surface area contributed by atoms with Crippen molar-refractivity contribution in [1.29, 1.82) is 0 Å². The first kappa shape index (κ1) is 10.2. The fourth-order valence-electron chi connectivity index (χ4n) is 0.751. The normalized spacial score (nSPS) is 10.5. The Bertz CT molecular complexity index is 267. The topological polar surface area (TPSA) is 47.9 Å². The molecule has 0 saturated heterocycles. The van der Waals surface area contributed by atoms with Gasteiger partial charge in [-0.2, -0.15) is 10.1 Å². The highest BCUT2D eigenvalue weighted by molar-refractivity contribution is 7.99. The lowest BCUT2D eigenvalue weighted by Gasteiger charge is -2.04. The highest BCUT2D eigenvalue weighted by Gasteiger charge is 2.03. The molecule has 1 aromatic rings. The molecule has 0 aliphatic heterocycles. The second kappa shape index (κ2) is 5.01. The van der Waals surface area contributed by atoms with Crippen molar-refractivity contribution < 1.29 is 4.74 Å². The first-order valence-corrected chi connectivity index (χ1v) is 5.09. The summed E-state index contributed by atoms with van der Waals surface area (Å²) in [4.78, 5) is 4.17. The summed E-state index contributed by atoms with van der Waals surface area (Å²) in [7, 11) is 0. The van der Waals surface area contributed by atoms with Gasteiger partial charge in [0, 0.05) is 5.25 Å². The standard InChI is InChI=1S/C8H13N3OS/c1-4-12-7-5-9-11-8(10-7)13-6(2)3/h5-6H,4H2,1-3H3. The smallest absolute Gasteiger partial charge is 0.236 e. The molecule has 0 bridgehead atoms. The Labute approximate surface area is 82.1 Å². The van der Waals surface area contributed by atoms with Crippen LogP contribution in [0.15, 0.2) is 11.4 Å². The van der Waals surface area contributed by atoms with Gasteiger partial charge in [0.05, 0.1) is 6.61 Å². The van der Waals surface area contributed by atoms with E-state index in [1.165, 1.54) is 6.20 Å². The predicted molar refractivity (Wildman–Crippen MR) is 52.0 cm³/mol. The van der Waals surface area contributed by atoms with Crippen LogP contribution in [0.2, 0.25) is 0 Å². The van der Waals surface area contributed by atoms with Crippen LogP contribution in [0.1, 0.15) is 20.8 Å². The summed E-state index contributed by atoms with van der Waals surface area (Å²) in [5.74, 6) is 0.542. The second-order valence-corrected chi connectivity index (χ2v) is 4.22. The van der Waals surface area contributed by atoms with E-state index in [9.17, 15) is 0 Å². The van der Waals surface area contributed by atoms with Gasteiger partial charge >= 0.3 is 0 Å². The third kappa shape index (κ3) is 3.59. The summed E-state index contributed by atoms with van der Waals surface area (Å²) in [6.07, 6.45) is 1.52. The summed E-state index contributed by atoms with van der Waals surface area (Å²) in [6.45, 7) is 6.69. The van der Waals surface area contributed by atoms with Crippen molar-refractivity contribution in [3.63, 3.8) is 0 Å². The minimum atomic E-state index is 0.457. The zero-order valence-corrected chi connectivity index (χ0v) is 8.84. The van der Waals surface area contributed by atoms with Crippen molar-refractivity contribution in [2.75, 3.05) is 6.61 Å². The summed E-state index contributed by atoms with van der Waals surface area (Å²) in [5, 5.41) is 8.81. The van der Waals surface area contributed by atoms with Gasteiger partial charge in [-0.25, -0.2) is 0 Å². The maximum atomic E-state index is 5.20. The van der Waals surface area contributed by atoms with E-state index in [1.807, 2.05) is 6.92 Å². The Kier molecular flexibility index (Phi) is 3.95. The fraction of sp³-hybridized carbons (Fsp3) is 0.625. The number of thioether (sulfide) groups is 1. The Morgan fingerprint density at radius 2 is 2.31 bits per heavy atom. The molecule has 1 aromatic heterocycles. The van der Waals surface area contributed by atoms with Gasteiger partial charge in [-0.15, -0.1) is 5.10 Å². The molecule has 0 saturated carbocycles. The SMILES string of the molecule is CCOc1cnnc(SC(C)C)n1. The highest BCUT2D eigenvalue weighted by Crippen LogP contribution is 2.19. The summed E-state index contributed by atoms with van der Waals surface area (Å²) in [6, 6.07) is 0. The van der Waals surface area contributed by atoms with Crippen LogP contribution < -0.4 is 4.74 Å². The number of rotatable bonds is 4. The summed E-state index contributed by atoms with van der Waals surface area (Å²) < 4.78 is 5.20. The highest BCUT2D eigenvalue weighted by atomic mass is 32.2. The van der Waals surface area contributed by atoms with Crippen LogP contribution in [0.25, 0.3) is 0 Å². The Balaban J connectivity index is 2.67. The van der Waals surface area contributed by atoms with Gasteiger partial charge < -0.3 is 4.74 Å².